The molecule has 3 nitrogen and oxygen atoms in total. The summed E-state index contributed by atoms with van der Waals surface area (Å²) in [5.74, 6) is 0. The lowest BCUT2D eigenvalue weighted by Gasteiger charge is -2.21. The van der Waals surface area contributed by atoms with Crippen molar-refractivity contribution in [1.29, 1.82) is 0 Å². The van der Waals surface area contributed by atoms with Crippen LogP contribution in [0.15, 0.2) is 30.3 Å². The molecule has 2 atom stereocenters. The van der Waals surface area contributed by atoms with Gasteiger partial charge in [0.15, 0.2) is 0 Å². The largest absolute Gasteiger partial charge is 0.304 e. The van der Waals surface area contributed by atoms with E-state index in [1.54, 1.807) is 0 Å². The summed E-state index contributed by atoms with van der Waals surface area (Å²) >= 11 is 0. The van der Waals surface area contributed by atoms with E-state index in [1.807, 2.05) is 0 Å². The number of nitrogens with zero attached hydrogens (tertiary/aromatic N) is 2. The molecule has 2 aromatic rings. The van der Waals surface area contributed by atoms with Crippen molar-refractivity contribution in [2.75, 3.05) is 0 Å². The third-order valence-corrected chi connectivity index (χ3v) is 3.97. The fourth-order valence-corrected chi connectivity index (χ4v) is 2.94. The summed E-state index contributed by atoms with van der Waals surface area (Å²) in [7, 11) is 0. The van der Waals surface area contributed by atoms with Crippen LogP contribution in [0.2, 0.25) is 0 Å². The van der Waals surface area contributed by atoms with Gasteiger partial charge in [-0.05, 0) is 40.2 Å². The van der Waals surface area contributed by atoms with Crippen LogP contribution >= 0.6 is 0 Å². The molecule has 0 fully saturated rings. The molecule has 0 amide bonds. The second kappa shape index (κ2) is 6.23. The zero-order chi connectivity index (χ0) is 14.7. The smallest absolute Gasteiger partial charge is 0.0644 e. The van der Waals surface area contributed by atoms with Gasteiger partial charge < -0.3 is 5.32 Å². The molecule has 0 bridgehead atoms. The molecule has 3 heteroatoms. The average Bonchev–Trinajstić information content (AvgIpc) is 2.74. The number of nitrogens with one attached hydrogen (secondary N) is 1. The number of aryl methyl sites for hydroxylation is 2. The van der Waals surface area contributed by atoms with Gasteiger partial charge in [0.25, 0.3) is 0 Å². The van der Waals surface area contributed by atoms with Gasteiger partial charge in [0, 0.05) is 29.9 Å². The molecule has 1 heterocycles. The molecule has 0 aliphatic carbocycles. The van der Waals surface area contributed by atoms with Crippen LogP contribution in [-0.4, -0.2) is 9.78 Å². The van der Waals surface area contributed by atoms with Crippen molar-refractivity contribution in [2.45, 2.75) is 53.2 Å². The van der Waals surface area contributed by atoms with Gasteiger partial charge in [0.2, 0.25) is 0 Å². The van der Waals surface area contributed by atoms with E-state index < -0.39 is 0 Å². The Balaban J connectivity index is 2.16. The Labute approximate surface area is 122 Å². The molecule has 0 saturated carbocycles. The molecular weight excluding hydrogens is 246 g/mol. The van der Waals surface area contributed by atoms with Gasteiger partial charge in [0.05, 0.1) is 5.69 Å². The summed E-state index contributed by atoms with van der Waals surface area (Å²) in [5.41, 5.74) is 5.04. The zero-order valence-electron chi connectivity index (χ0n) is 13.1. The van der Waals surface area contributed by atoms with Gasteiger partial charge in [-0.25, -0.2) is 0 Å². The number of hydrogen-bond acceptors (Lipinski definition) is 2. The monoisotopic (exact) mass is 271 g/mol. The van der Waals surface area contributed by atoms with Crippen LogP contribution in [0, 0.1) is 13.8 Å². The van der Waals surface area contributed by atoms with E-state index in [0.29, 0.717) is 12.1 Å². The molecule has 0 saturated heterocycles. The lowest BCUT2D eigenvalue weighted by molar-refractivity contribution is 0.490. The van der Waals surface area contributed by atoms with Crippen LogP contribution in [-0.2, 0) is 6.54 Å². The summed E-state index contributed by atoms with van der Waals surface area (Å²) in [6.07, 6.45) is 0. The zero-order valence-corrected chi connectivity index (χ0v) is 13.1. The van der Waals surface area contributed by atoms with E-state index in [9.17, 15) is 0 Å². The maximum atomic E-state index is 4.61. The molecule has 0 spiro atoms. The van der Waals surface area contributed by atoms with Crippen molar-refractivity contribution < 1.29 is 0 Å². The second-order valence-corrected chi connectivity index (χ2v) is 5.42. The van der Waals surface area contributed by atoms with E-state index in [0.717, 1.165) is 12.2 Å². The molecule has 0 aliphatic rings. The van der Waals surface area contributed by atoms with E-state index >= 15 is 0 Å². The van der Waals surface area contributed by atoms with Gasteiger partial charge in [-0.2, -0.15) is 5.10 Å². The van der Waals surface area contributed by atoms with Crippen LogP contribution in [0.1, 0.15) is 55.4 Å². The molecule has 20 heavy (non-hydrogen) atoms. The molecule has 0 aliphatic heterocycles. The predicted octanol–water partition coefficient (Wildman–Crippen LogP) is 3.93. The molecule has 2 rings (SSSR count). The highest BCUT2D eigenvalue weighted by Gasteiger charge is 2.18. The van der Waals surface area contributed by atoms with Crippen LogP contribution in [0.4, 0.5) is 0 Å². The Bertz CT molecular complexity index is 557. The highest BCUT2D eigenvalue weighted by Crippen LogP contribution is 2.24. The van der Waals surface area contributed by atoms with Crippen LogP contribution in [0.3, 0.4) is 0 Å². The lowest BCUT2D eigenvalue weighted by atomic mass is 10.0. The Kier molecular flexibility index (Phi) is 4.61. The van der Waals surface area contributed by atoms with Gasteiger partial charge in [-0.15, -0.1) is 0 Å². The number of benzene rings is 1. The lowest BCUT2D eigenvalue weighted by Crippen LogP contribution is -2.23. The quantitative estimate of drug-likeness (QED) is 0.893. The first-order valence-electron chi connectivity index (χ1n) is 7.39. The van der Waals surface area contributed by atoms with Gasteiger partial charge >= 0.3 is 0 Å². The van der Waals surface area contributed by atoms with Gasteiger partial charge in [0.1, 0.15) is 0 Å². The van der Waals surface area contributed by atoms with Crippen molar-refractivity contribution in [3.05, 3.63) is 52.8 Å². The Morgan fingerprint density at radius 2 is 1.75 bits per heavy atom. The standard InChI is InChI=1S/C17H25N3/c1-6-20-15(5)17(14(4)19-20)13(3)18-12(2)16-10-8-7-9-11-16/h7-13,18H,6H2,1-5H3/t12-,13?/m0/s1. The minimum Gasteiger partial charge on any atom is -0.304 e. The van der Waals surface area contributed by atoms with Crippen LogP contribution < -0.4 is 5.32 Å². The normalized spacial score (nSPS) is 14.2. The fourth-order valence-electron chi connectivity index (χ4n) is 2.94. The van der Waals surface area contributed by atoms with Crippen molar-refractivity contribution in [3.8, 4) is 0 Å². The Morgan fingerprint density at radius 3 is 2.30 bits per heavy atom. The van der Waals surface area contributed by atoms with Crippen LogP contribution in [0.5, 0.6) is 0 Å². The summed E-state index contributed by atoms with van der Waals surface area (Å²) < 4.78 is 2.08. The summed E-state index contributed by atoms with van der Waals surface area (Å²) in [6.45, 7) is 11.7. The number of rotatable bonds is 5. The molecule has 0 radical (unpaired) electrons. The predicted molar refractivity (Wildman–Crippen MR) is 83.8 cm³/mol. The molecule has 1 unspecified atom stereocenters. The summed E-state index contributed by atoms with van der Waals surface area (Å²) in [6, 6.07) is 11.2. The number of hydrogen-bond donors (Lipinski definition) is 1. The fraction of sp³-hybridized carbons (Fsp3) is 0.471. The van der Waals surface area contributed by atoms with E-state index in [-0.39, 0.29) is 0 Å². The number of aromatic nitrogens is 2. The minimum absolute atomic E-state index is 0.297. The maximum Gasteiger partial charge on any atom is 0.0644 e. The highest BCUT2D eigenvalue weighted by molar-refractivity contribution is 5.28. The molecule has 1 aromatic carbocycles. The maximum absolute atomic E-state index is 4.61. The molecule has 1 N–H and O–H groups in total. The first-order valence-corrected chi connectivity index (χ1v) is 7.39. The highest BCUT2D eigenvalue weighted by atomic mass is 15.3. The molecular formula is C17H25N3. The van der Waals surface area contributed by atoms with Gasteiger partial charge in [-0.1, -0.05) is 30.3 Å². The Morgan fingerprint density at radius 1 is 1.10 bits per heavy atom. The van der Waals surface area contributed by atoms with Crippen molar-refractivity contribution in [3.63, 3.8) is 0 Å². The summed E-state index contributed by atoms with van der Waals surface area (Å²) in [4.78, 5) is 0. The first kappa shape index (κ1) is 14.8. The SMILES string of the molecule is CCn1nc(C)c(C(C)N[C@@H](C)c2ccccc2)c1C. The second-order valence-electron chi connectivity index (χ2n) is 5.42. The van der Waals surface area contributed by atoms with E-state index in [1.165, 1.54) is 16.8 Å². The summed E-state index contributed by atoms with van der Waals surface area (Å²) in [5, 5.41) is 8.28. The third kappa shape index (κ3) is 2.93. The van der Waals surface area contributed by atoms with Crippen molar-refractivity contribution in [2.24, 2.45) is 0 Å². The van der Waals surface area contributed by atoms with Crippen LogP contribution in [0.25, 0.3) is 0 Å². The third-order valence-electron chi connectivity index (χ3n) is 3.97. The Hall–Kier alpha value is -1.61. The van der Waals surface area contributed by atoms with E-state index in [2.05, 4.69) is 80.0 Å². The average molecular weight is 271 g/mol. The topological polar surface area (TPSA) is 29.9 Å². The first-order chi connectivity index (χ1) is 9.54. The van der Waals surface area contributed by atoms with E-state index in [4.69, 9.17) is 0 Å². The molecule has 108 valence electrons. The van der Waals surface area contributed by atoms with Crippen molar-refractivity contribution in [1.82, 2.24) is 15.1 Å². The van der Waals surface area contributed by atoms with Crippen molar-refractivity contribution >= 4 is 0 Å². The molecule has 1 aromatic heterocycles. The minimum atomic E-state index is 0.297. The van der Waals surface area contributed by atoms with Gasteiger partial charge in [-0.3, -0.25) is 4.68 Å².